The van der Waals surface area contributed by atoms with Crippen LogP contribution in [0.3, 0.4) is 0 Å². The fourth-order valence-electron chi connectivity index (χ4n) is 3.03. The third-order valence-corrected chi connectivity index (χ3v) is 5.78. The zero-order chi connectivity index (χ0) is 20.9. The summed E-state index contributed by atoms with van der Waals surface area (Å²) >= 11 is 7.60. The van der Waals surface area contributed by atoms with E-state index in [1.54, 1.807) is 34.6 Å². The van der Waals surface area contributed by atoms with E-state index in [0.29, 0.717) is 36.2 Å². The molecule has 0 fully saturated rings. The second kappa shape index (κ2) is 9.28. The van der Waals surface area contributed by atoms with Gasteiger partial charge in [-0.3, -0.25) is 4.79 Å². The Morgan fingerprint density at radius 1 is 1.13 bits per heavy atom. The first kappa shape index (κ1) is 20.4. The average Bonchev–Trinajstić information content (AvgIpc) is 3.49. The third-order valence-electron chi connectivity index (χ3n) is 4.55. The molecule has 0 aliphatic carbocycles. The monoisotopic (exact) mass is 441 g/mol. The Morgan fingerprint density at radius 2 is 1.97 bits per heavy atom. The van der Waals surface area contributed by atoms with E-state index in [2.05, 4.69) is 29.2 Å². The van der Waals surface area contributed by atoms with Crippen LogP contribution in [0.5, 0.6) is 0 Å². The SMILES string of the molecule is Cc1ccc(CN(Cc2ccco2)C(=O)CCc2nc(-c3ccc(Cl)cc3)no2)s1. The molecule has 154 valence electrons. The molecule has 4 rings (SSSR count). The molecule has 30 heavy (non-hydrogen) atoms. The van der Waals surface area contributed by atoms with Gasteiger partial charge in [0, 0.05) is 33.2 Å². The van der Waals surface area contributed by atoms with Gasteiger partial charge in [0.15, 0.2) is 0 Å². The summed E-state index contributed by atoms with van der Waals surface area (Å²) in [7, 11) is 0. The summed E-state index contributed by atoms with van der Waals surface area (Å²) in [5.41, 5.74) is 0.813. The van der Waals surface area contributed by atoms with Gasteiger partial charge in [-0.1, -0.05) is 16.8 Å². The van der Waals surface area contributed by atoms with E-state index in [-0.39, 0.29) is 12.3 Å². The summed E-state index contributed by atoms with van der Waals surface area (Å²) in [4.78, 5) is 21.5. The first-order valence-corrected chi connectivity index (χ1v) is 10.7. The van der Waals surface area contributed by atoms with E-state index in [4.69, 9.17) is 20.5 Å². The lowest BCUT2D eigenvalue weighted by atomic mass is 10.2. The van der Waals surface area contributed by atoms with E-state index in [1.165, 1.54) is 4.88 Å². The molecule has 0 bridgehead atoms. The summed E-state index contributed by atoms with van der Waals surface area (Å²) in [5, 5.41) is 4.65. The molecule has 3 heterocycles. The fourth-order valence-corrected chi connectivity index (χ4v) is 4.06. The lowest BCUT2D eigenvalue weighted by Gasteiger charge is -2.21. The maximum atomic E-state index is 13.0. The van der Waals surface area contributed by atoms with Crippen molar-refractivity contribution < 1.29 is 13.7 Å². The molecule has 3 aromatic heterocycles. The Hall–Kier alpha value is -2.90. The number of furan rings is 1. The number of aromatic nitrogens is 2. The van der Waals surface area contributed by atoms with Crippen LogP contribution >= 0.6 is 22.9 Å². The molecule has 0 unspecified atom stereocenters. The highest BCUT2D eigenvalue weighted by Gasteiger charge is 2.18. The minimum absolute atomic E-state index is 0.00342. The zero-order valence-electron chi connectivity index (χ0n) is 16.4. The zero-order valence-corrected chi connectivity index (χ0v) is 17.9. The van der Waals surface area contributed by atoms with E-state index in [0.717, 1.165) is 16.2 Å². The summed E-state index contributed by atoms with van der Waals surface area (Å²) in [6.07, 6.45) is 2.26. The van der Waals surface area contributed by atoms with Gasteiger partial charge in [-0.05, 0) is 55.5 Å². The summed E-state index contributed by atoms with van der Waals surface area (Å²) < 4.78 is 10.8. The second-order valence-electron chi connectivity index (χ2n) is 6.86. The first-order valence-electron chi connectivity index (χ1n) is 9.51. The van der Waals surface area contributed by atoms with Gasteiger partial charge in [0.05, 0.1) is 19.4 Å². The van der Waals surface area contributed by atoms with Crippen LogP contribution in [0.2, 0.25) is 5.02 Å². The van der Waals surface area contributed by atoms with Crippen LogP contribution in [0.15, 0.2) is 63.7 Å². The second-order valence-corrected chi connectivity index (χ2v) is 8.67. The van der Waals surface area contributed by atoms with E-state index < -0.39 is 0 Å². The number of halogens is 1. The average molecular weight is 442 g/mol. The van der Waals surface area contributed by atoms with Crippen molar-refractivity contribution in [3.8, 4) is 11.4 Å². The van der Waals surface area contributed by atoms with Crippen molar-refractivity contribution in [2.24, 2.45) is 0 Å². The molecule has 4 aromatic rings. The minimum Gasteiger partial charge on any atom is -0.467 e. The van der Waals surface area contributed by atoms with Gasteiger partial charge in [0.25, 0.3) is 0 Å². The number of carbonyl (C=O) groups excluding carboxylic acids is 1. The molecule has 0 atom stereocenters. The maximum Gasteiger partial charge on any atom is 0.227 e. The van der Waals surface area contributed by atoms with E-state index in [9.17, 15) is 4.79 Å². The molecule has 0 aliphatic rings. The van der Waals surface area contributed by atoms with Crippen LogP contribution in [-0.4, -0.2) is 20.9 Å². The van der Waals surface area contributed by atoms with Crippen molar-refractivity contribution in [1.82, 2.24) is 15.0 Å². The van der Waals surface area contributed by atoms with Gasteiger partial charge < -0.3 is 13.8 Å². The van der Waals surface area contributed by atoms with Gasteiger partial charge in [-0.25, -0.2) is 0 Å². The molecule has 6 nitrogen and oxygen atoms in total. The predicted octanol–water partition coefficient (Wildman–Crippen LogP) is 5.51. The Kier molecular flexibility index (Phi) is 6.30. The Bertz CT molecular complexity index is 1100. The summed E-state index contributed by atoms with van der Waals surface area (Å²) in [5.74, 6) is 1.66. The number of carbonyl (C=O) groups is 1. The standard InChI is InChI=1S/C22H20ClN3O3S/c1-15-4-9-19(30-15)14-26(13-18-3-2-12-28-18)21(27)11-10-20-24-22(25-29-20)16-5-7-17(23)8-6-16/h2-9,12H,10-11,13-14H2,1H3. The number of benzene rings is 1. The van der Waals surface area contributed by atoms with Crippen LogP contribution in [0.1, 0.15) is 27.8 Å². The van der Waals surface area contributed by atoms with Crippen LogP contribution < -0.4 is 0 Å². The molecule has 0 saturated carbocycles. The topological polar surface area (TPSA) is 72.4 Å². The lowest BCUT2D eigenvalue weighted by Crippen LogP contribution is -2.29. The molecular weight excluding hydrogens is 422 g/mol. The third kappa shape index (κ3) is 5.17. The number of aryl methyl sites for hydroxylation is 2. The van der Waals surface area contributed by atoms with Gasteiger partial charge in [-0.15, -0.1) is 11.3 Å². The molecule has 1 aromatic carbocycles. The van der Waals surface area contributed by atoms with Crippen LogP contribution in [0.4, 0.5) is 0 Å². The van der Waals surface area contributed by atoms with Gasteiger partial charge in [-0.2, -0.15) is 4.98 Å². The Morgan fingerprint density at radius 3 is 2.67 bits per heavy atom. The number of hydrogen-bond donors (Lipinski definition) is 0. The lowest BCUT2D eigenvalue weighted by molar-refractivity contribution is -0.132. The van der Waals surface area contributed by atoms with Crippen LogP contribution in [0, 0.1) is 6.92 Å². The Balaban J connectivity index is 1.41. The maximum absolute atomic E-state index is 13.0. The number of hydrogen-bond acceptors (Lipinski definition) is 6. The highest BCUT2D eigenvalue weighted by molar-refractivity contribution is 7.11. The molecular formula is C22H20ClN3O3S. The first-order chi connectivity index (χ1) is 14.6. The normalized spacial score (nSPS) is 11.0. The van der Waals surface area contributed by atoms with Crippen molar-refractivity contribution in [2.45, 2.75) is 32.9 Å². The van der Waals surface area contributed by atoms with Crippen molar-refractivity contribution in [1.29, 1.82) is 0 Å². The number of rotatable bonds is 8. The number of thiophene rings is 1. The highest BCUT2D eigenvalue weighted by atomic mass is 35.5. The Labute approximate surface area is 183 Å². The minimum atomic E-state index is 0.00342. The largest absolute Gasteiger partial charge is 0.467 e. The smallest absolute Gasteiger partial charge is 0.227 e. The fraction of sp³-hybridized carbons (Fsp3) is 0.227. The van der Waals surface area contributed by atoms with Crippen LogP contribution in [-0.2, 0) is 24.3 Å². The molecule has 0 spiro atoms. The molecule has 8 heteroatoms. The summed E-state index contributed by atoms with van der Waals surface area (Å²) in [6.45, 7) is 3.02. The van der Waals surface area contributed by atoms with Crippen molar-refractivity contribution in [3.63, 3.8) is 0 Å². The van der Waals surface area contributed by atoms with Crippen molar-refractivity contribution in [2.75, 3.05) is 0 Å². The van der Waals surface area contributed by atoms with Crippen molar-refractivity contribution >= 4 is 28.8 Å². The number of amides is 1. The van der Waals surface area contributed by atoms with Crippen LogP contribution in [0.25, 0.3) is 11.4 Å². The molecule has 0 aliphatic heterocycles. The predicted molar refractivity (Wildman–Crippen MR) is 115 cm³/mol. The molecule has 0 saturated heterocycles. The number of nitrogens with zero attached hydrogens (tertiary/aromatic N) is 3. The van der Waals surface area contributed by atoms with Crippen molar-refractivity contribution in [3.05, 3.63) is 81.2 Å². The quantitative estimate of drug-likeness (QED) is 0.360. The highest BCUT2D eigenvalue weighted by Crippen LogP contribution is 2.21. The van der Waals surface area contributed by atoms with Gasteiger partial charge in [0.1, 0.15) is 5.76 Å². The van der Waals surface area contributed by atoms with Gasteiger partial charge in [0.2, 0.25) is 17.6 Å². The summed E-state index contributed by atoms with van der Waals surface area (Å²) in [6, 6.07) is 15.0. The molecule has 0 N–H and O–H groups in total. The van der Waals surface area contributed by atoms with E-state index in [1.807, 2.05) is 24.3 Å². The molecule has 1 amide bonds. The van der Waals surface area contributed by atoms with E-state index >= 15 is 0 Å². The van der Waals surface area contributed by atoms with Gasteiger partial charge >= 0.3 is 0 Å². The molecule has 0 radical (unpaired) electrons.